The van der Waals surface area contributed by atoms with Gasteiger partial charge in [0.15, 0.2) is 0 Å². The van der Waals surface area contributed by atoms with Gasteiger partial charge in [0.2, 0.25) is 0 Å². The average molecular weight is 414 g/mol. The molecule has 0 unspecified atom stereocenters. The Labute approximate surface area is 169 Å². The first-order valence-corrected chi connectivity index (χ1v) is 8.68. The third-order valence-electron chi connectivity index (χ3n) is 4.15. The molecule has 3 aromatic rings. The van der Waals surface area contributed by atoms with Gasteiger partial charge in [-0.15, -0.1) is 0 Å². The number of carbonyl (C=O) groups is 2. The summed E-state index contributed by atoms with van der Waals surface area (Å²) in [6.45, 7) is 0. The Morgan fingerprint density at radius 2 is 1.30 bits per heavy atom. The molecule has 0 aliphatic rings. The molecule has 3 rings (SSSR count). The molecule has 3 aromatic carbocycles. The second-order valence-electron chi connectivity index (χ2n) is 6.41. The molecule has 9 heteroatoms. The standard InChI is InChI=1S/C21H17F3N4O2/c22-21(23,24)17-10-13(7-8-18(17)26)20(30)27-15-5-1-3-12(9-15)19(29)28-16-6-2-4-14(25)11-16/h1-11H,25-26H2,(H,27,30)(H,28,29). The summed E-state index contributed by atoms with van der Waals surface area (Å²) in [4.78, 5) is 24.8. The van der Waals surface area contributed by atoms with Crippen molar-refractivity contribution >= 4 is 34.6 Å². The lowest BCUT2D eigenvalue weighted by Crippen LogP contribution is -2.16. The highest BCUT2D eigenvalue weighted by molar-refractivity contribution is 6.07. The fourth-order valence-corrected chi connectivity index (χ4v) is 2.70. The highest BCUT2D eigenvalue weighted by Crippen LogP contribution is 2.34. The van der Waals surface area contributed by atoms with E-state index in [2.05, 4.69) is 10.6 Å². The van der Waals surface area contributed by atoms with Crippen LogP contribution < -0.4 is 22.1 Å². The Morgan fingerprint density at radius 1 is 0.733 bits per heavy atom. The predicted molar refractivity (Wildman–Crippen MR) is 109 cm³/mol. The Hall–Kier alpha value is -4.01. The molecule has 2 amide bonds. The number of amides is 2. The van der Waals surface area contributed by atoms with E-state index >= 15 is 0 Å². The van der Waals surface area contributed by atoms with Gasteiger partial charge in [-0.3, -0.25) is 9.59 Å². The van der Waals surface area contributed by atoms with E-state index in [-0.39, 0.29) is 16.8 Å². The van der Waals surface area contributed by atoms with E-state index in [0.29, 0.717) is 17.4 Å². The van der Waals surface area contributed by atoms with Gasteiger partial charge >= 0.3 is 6.18 Å². The highest BCUT2D eigenvalue weighted by atomic mass is 19.4. The van der Waals surface area contributed by atoms with Crippen LogP contribution in [0.4, 0.5) is 35.9 Å². The molecule has 0 radical (unpaired) electrons. The van der Waals surface area contributed by atoms with Crippen molar-refractivity contribution in [3.05, 3.63) is 83.4 Å². The van der Waals surface area contributed by atoms with Crippen LogP contribution >= 0.6 is 0 Å². The predicted octanol–water partition coefficient (Wildman–Crippen LogP) is 4.37. The number of hydrogen-bond donors (Lipinski definition) is 4. The lowest BCUT2D eigenvalue weighted by molar-refractivity contribution is -0.136. The zero-order valence-electron chi connectivity index (χ0n) is 15.5. The number of nitrogens with two attached hydrogens (primary N) is 2. The zero-order valence-corrected chi connectivity index (χ0v) is 15.5. The molecule has 0 aliphatic heterocycles. The van der Waals surface area contributed by atoms with E-state index in [0.717, 1.165) is 6.07 Å². The summed E-state index contributed by atoms with van der Waals surface area (Å²) in [5, 5.41) is 5.15. The molecule has 0 saturated heterocycles. The maximum absolute atomic E-state index is 13.0. The van der Waals surface area contributed by atoms with E-state index in [1.54, 1.807) is 24.3 Å². The van der Waals surface area contributed by atoms with Gasteiger partial charge in [-0.25, -0.2) is 0 Å². The second kappa shape index (κ2) is 8.16. The third-order valence-corrected chi connectivity index (χ3v) is 4.15. The van der Waals surface area contributed by atoms with Crippen LogP contribution in [0.3, 0.4) is 0 Å². The van der Waals surface area contributed by atoms with Crippen LogP contribution in [0.1, 0.15) is 26.3 Å². The summed E-state index contributed by atoms with van der Waals surface area (Å²) in [6, 6.07) is 15.5. The number of carbonyl (C=O) groups excluding carboxylic acids is 2. The van der Waals surface area contributed by atoms with Gasteiger partial charge in [0, 0.05) is 33.9 Å². The Bertz CT molecular complexity index is 1110. The van der Waals surface area contributed by atoms with Crippen molar-refractivity contribution in [2.75, 3.05) is 22.1 Å². The first-order chi connectivity index (χ1) is 14.1. The van der Waals surface area contributed by atoms with Gasteiger partial charge in [0.25, 0.3) is 11.8 Å². The third kappa shape index (κ3) is 4.88. The lowest BCUT2D eigenvalue weighted by Gasteiger charge is -2.12. The monoisotopic (exact) mass is 414 g/mol. The van der Waals surface area contributed by atoms with Crippen molar-refractivity contribution in [1.82, 2.24) is 0 Å². The van der Waals surface area contributed by atoms with Gasteiger partial charge in [-0.2, -0.15) is 13.2 Å². The SMILES string of the molecule is Nc1cccc(NC(=O)c2cccc(NC(=O)c3ccc(N)c(C(F)(F)F)c3)c2)c1. The molecule has 0 aliphatic carbocycles. The molecular weight excluding hydrogens is 397 g/mol. The van der Waals surface area contributed by atoms with Crippen LogP contribution in [-0.2, 0) is 6.18 Å². The fraction of sp³-hybridized carbons (Fsp3) is 0.0476. The minimum Gasteiger partial charge on any atom is -0.399 e. The Balaban J connectivity index is 1.77. The van der Waals surface area contributed by atoms with E-state index in [1.807, 2.05) is 0 Å². The molecule has 154 valence electrons. The number of nitrogen functional groups attached to an aromatic ring is 2. The quantitative estimate of drug-likeness (QED) is 0.475. The van der Waals surface area contributed by atoms with Gasteiger partial charge < -0.3 is 22.1 Å². The van der Waals surface area contributed by atoms with Crippen LogP contribution in [0.25, 0.3) is 0 Å². The van der Waals surface area contributed by atoms with Gasteiger partial charge in [0.05, 0.1) is 5.56 Å². The molecule has 0 heterocycles. The number of hydrogen-bond acceptors (Lipinski definition) is 4. The molecule has 0 saturated carbocycles. The summed E-state index contributed by atoms with van der Waals surface area (Å²) in [6.07, 6.45) is -4.68. The van der Waals surface area contributed by atoms with Crippen molar-refractivity contribution in [2.24, 2.45) is 0 Å². The Morgan fingerprint density at radius 3 is 1.90 bits per heavy atom. The number of nitrogens with one attached hydrogen (secondary N) is 2. The first-order valence-electron chi connectivity index (χ1n) is 8.68. The van der Waals surface area contributed by atoms with Crippen molar-refractivity contribution in [3.8, 4) is 0 Å². The fourth-order valence-electron chi connectivity index (χ4n) is 2.70. The maximum Gasteiger partial charge on any atom is 0.418 e. The van der Waals surface area contributed by atoms with Crippen LogP contribution in [0.2, 0.25) is 0 Å². The largest absolute Gasteiger partial charge is 0.418 e. The van der Waals surface area contributed by atoms with Crippen molar-refractivity contribution in [3.63, 3.8) is 0 Å². The number of benzene rings is 3. The number of halogens is 3. The van der Waals surface area contributed by atoms with E-state index in [4.69, 9.17) is 11.5 Å². The van der Waals surface area contributed by atoms with Crippen molar-refractivity contribution in [2.45, 2.75) is 6.18 Å². The summed E-state index contributed by atoms with van der Waals surface area (Å²) in [7, 11) is 0. The topological polar surface area (TPSA) is 110 Å². The summed E-state index contributed by atoms with van der Waals surface area (Å²) < 4.78 is 39.0. The van der Waals surface area contributed by atoms with E-state index in [9.17, 15) is 22.8 Å². The van der Waals surface area contributed by atoms with Crippen LogP contribution in [0.5, 0.6) is 0 Å². The maximum atomic E-state index is 13.0. The molecule has 0 aromatic heterocycles. The van der Waals surface area contributed by atoms with Crippen LogP contribution in [0, 0.1) is 0 Å². The Kier molecular flexibility index (Phi) is 5.63. The van der Waals surface area contributed by atoms with Gasteiger partial charge in [-0.1, -0.05) is 12.1 Å². The van der Waals surface area contributed by atoms with Gasteiger partial charge in [0.1, 0.15) is 0 Å². The molecule has 0 spiro atoms. The van der Waals surface area contributed by atoms with Crippen LogP contribution in [0.15, 0.2) is 66.7 Å². The number of anilines is 4. The smallest absolute Gasteiger partial charge is 0.399 e. The number of rotatable bonds is 4. The minimum atomic E-state index is -4.68. The molecular formula is C21H17F3N4O2. The van der Waals surface area contributed by atoms with E-state index in [1.165, 1.54) is 30.3 Å². The highest BCUT2D eigenvalue weighted by Gasteiger charge is 2.33. The van der Waals surface area contributed by atoms with Crippen LogP contribution in [-0.4, -0.2) is 11.8 Å². The summed E-state index contributed by atoms with van der Waals surface area (Å²) in [5.41, 5.74) is 10.7. The number of alkyl halides is 3. The van der Waals surface area contributed by atoms with Crippen molar-refractivity contribution in [1.29, 1.82) is 0 Å². The normalized spacial score (nSPS) is 11.0. The zero-order chi connectivity index (χ0) is 21.9. The minimum absolute atomic E-state index is 0.217. The summed E-state index contributed by atoms with van der Waals surface area (Å²) >= 11 is 0. The molecule has 6 nitrogen and oxygen atoms in total. The second-order valence-corrected chi connectivity index (χ2v) is 6.41. The first kappa shape index (κ1) is 20.7. The van der Waals surface area contributed by atoms with E-state index < -0.39 is 29.2 Å². The van der Waals surface area contributed by atoms with Gasteiger partial charge in [-0.05, 0) is 54.6 Å². The molecule has 30 heavy (non-hydrogen) atoms. The molecule has 0 fully saturated rings. The van der Waals surface area contributed by atoms with Crippen molar-refractivity contribution < 1.29 is 22.8 Å². The summed E-state index contributed by atoms with van der Waals surface area (Å²) in [5.74, 6) is -1.21. The molecule has 0 atom stereocenters. The molecule has 6 N–H and O–H groups in total. The average Bonchev–Trinajstić information content (AvgIpc) is 2.67. The molecule has 0 bridgehead atoms. The lowest BCUT2D eigenvalue weighted by atomic mass is 10.1.